The molecule has 81 heavy (non-hydrogen) atoms. The highest BCUT2D eigenvalue weighted by Gasteiger charge is 2.52. The molecule has 0 bridgehead atoms. The predicted molar refractivity (Wildman–Crippen MR) is 343 cm³/mol. The molecule has 6 saturated carbocycles. The Bertz CT molecular complexity index is 2240. The molecule has 0 spiro atoms. The quantitative estimate of drug-likeness (QED) is 0.0486. The third-order valence-corrected chi connectivity index (χ3v) is 30.5. The molecule has 6 fully saturated rings. The van der Waals surface area contributed by atoms with Crippen LogP contribution in [0.2, 0.25) is 36.3 Å². The Labute approximate surface area is 497 Å². The van der Waals surface area contributed by atoms with Crippen LogP contribution in [0.1, 0.15) is 200 Å². The first-order valence-corrected chi connectivity index (χ1v) is 37.6. The van der Waals surface area contributed by atoms with Crippen molar-refractivity contribution in [1.29, 1.82) is 0 Å². The van der Waals surface area contributed by atoms with Crippen molar-refractivity contribution in [2.75, 3.05) is 27.1 Å². The molecule has 6 rings (SSSR count). The van der Waals surface area contributed by atoms with Crippen LogP contribution in [-0.2, 0) is 18.3 Å². The molecule has 0 amide bonds. The number of aliphatic hydroxyl groups excluding tert-OH is 4. The molecule has 0 aromatic heterocycles. The van der Waals surface area contributed by atoms with Crippen molar-refractivity contribution in [2.45, 2.75) is 272 Å². The molecular formula is C70H120O9Si2. The van der Waals surface area contributed by atoms with Crippen molar-refractivity contribution in [3.8, 4) is 0 Å². The molecule has 11 heteroatoms. The van der Waals surface area contributed by atoms with Crippen LogP contribution in [0.15, 0.2) is 94.2 Å². The summed E-state index contributed by atoms with van der Waals surface area (Å²) in [6, 6.07) is 0. The van der Waals surface area contributed by atoms with E-state index in [0.717, 1.165) is 36.8 Å². The van der Waals surface area contributed by atoms with E-state index in [1.165, 1.54) is 75.0 Å². The lowest BCUT2D eigenvalue weighted by Crippen LogP contribution is -2.50. The zero-order valence-corrected chi connectivity index (χ0v) is 56.9. The fourth-order valence-electron chi connectivity index (χ4n) is 14.8. The Morgan fingerprint density at radius 3 is 1.40 bits per heavy atom. The SMILES string of the molecule is COCOC(C)(C)C/C=C/[C@@H](C)C1CCC2/C(=C/C=C3C[C@@H](O[Si](C)(C)C(C)(C)C)C(=CCO)[C@H](O[Si](C)(C)C(C)(C)C)C3)CCCC21C.C[C@H](/C=C/CC(C)(C)O)C1CCC2/C(=C/C=C3C[C@@H](O)C(=CCO)[C@H](O)C3)CCCC21C. The highest BCUT2D eigenvalue weighted by molar-refractivity contribution is 6.74. The van der Waals surface area contributed by atoms with Crippen molar-refractivity contribution < 1.29 is 43.9 Å². The van der Waals surface area contributed by atoms with E-state index in [4.69, 9.17) is 23.4 Å². The molecule has 0 heterocycles. The normalized spacial score (nSPS) is 31.8. The minimum Gasteiger partial charge on any atom is -0.410 e. The maximum absolute atomic E-state index is 10.4. The number of rotatable bonds is 19. The monoisotopic (exact) mass is 1160 g/mol. The second-order valence-corrected chi connectivity index (χ2v) is 40.3. The van der Waals surface area contributed by atoms with E-state index in [2.05, 4.69) is 158 Å². The maximum Gasteiger partial charge on any atom is 0.192 e. The van der Waals surface area contributed by atoms with Crippen LogP contribution in [-0.4, -0.2) is 105 Å². The summed E-state index contributed by atoms with van der Waals surface area (Å²) in [7, 11) is -2.47. The van der Waals surface area contributed by atoms with Gasteiger partial charge in [0.25, 0.3) is 0 Å². The molecular weight excluding hydrogens is 1040 g/mol. The number of aliphatic hydroxyl groups is 5. The van der Waals surface area contributed by atoms with Crippen molar-refractivity contribution in [2.24, 2.45) is 46.3 Å². The van der Waals surface area contributed by atoms with Crippen molar-refractivity contribution in [3.05, 3.63) is 94.2 Å². The first kappa shape index (κ1) is 69.8. The van der Waals surface area contributed by atoms with Gasteiger partial charge in [-0.2, -0.15) is 0 Å². The Morgan fingerprint density at radius 2 is 1.00 bits per heavy atom. The first-order chi connectivity index (χ1) is 37.5. The summed E-state index contributed by atoms with van der Waals surface area (Å²) in [4.78, 5) is 0. The van der Waals surface area contributed by atoms with Crippen LogP contribution in [0.3, 0.4) is 0 Å². The van der Waals surface area contributed by atoms with E-state index in [1.807, 2.05) is 19.9 Å². The van der Waals surface area contributed by atoms with Gasteiger partial charge in [0, 0.05) is 7.11 Å². The number of fused-ring (bicyclic) bond motifs is 2. The van der Waals surface area contributed by atoms with Gasteiger partial charge in [0.15, 0.2) is 16.6 Å². The fraction of sp³-hybridized carbons (Fsp3) is 0.771. The molecule has 462 valence electrons. The van der Waals surface area contributed by atoms with Gasteiger partial charge >= 0.3 is 0 Å². The molecule has 0 aromatic rings. The molecule has 5 N–H and O–H groups in total. The Balaban J connectivity index is 0.000000324. The van der Waals surface area contributed by atoms with Gasteiger partial charge in [-0.15, -0.1) is 0 Å². The van der Waals surface area contributed by atoms with Gasteiger partial charge in [-0.05, 0) is 224 Å². The van der Waals surface area contributed by atoms with E-state index in [9.17, 15) is 20.4 Å². The van der Waals surface area contributed by atoms with E-state index >= 15 is 0 Å². The minimum atomic E-state index is -2.07. The van der Waals surface area contributed by atoms with Gasteiger partial charge in [0.1, 0.15) is 6.79 Å². The number of hydrogen-bond donors (Lipinski definition) is 5. The summed E-state index contributed by atoms with van der Waals surface area (Å²) >= 11 is 0. The topological polar surface area (TPSA) is 138 Å². The molecule has 0 aliphatic heterocycles. The van der Waals surface area contributed by atoms with Crippen LogP contribution in [0.25, 0.3) is 0 Å². The van der Waals surface area contributed by atoms with Crippen LogP contribution >= 0.6 is 0 Å². The lowest BCUT2D eigenvalue weighted by molar-refractivity contribution is -0.112. The Kier molecular flexibility index (Phi) is 24.7. The average molecular weight is 1160 g/mol. The lowest BCUT2D eigenvalue weighted by Gasteiger charge is -2.46. The molecule has 6 aliphatic carbocycles. The molecule has 0 radical (unpaired) electrons. The number of methoxy groups -OCH3 is 1. The highest BCUT2D eigenvalue weighted by atomic mass is 28.4. The molecule has 0 aromatic carbocycles. The third-order valence-electron chi connectivity index (χ3n) is 21.5. The number of ether oxygens (including phenoxy) is 2. The minimum absolute atomic E-state index is 0.0154. The van der Waals surface area contributed by atoms with E-state index in [-0.39, 0.29) is 41.1 Å². The summed E-state index contributed by atoms with van der Waals surface area (Å²) in [5.74, 6) is 3.65. The summed E-state index contributed by atoms with van der Waals surface area (Å²) < 4.78 is 25.4. The van der Waals surface area contributed by atoms with E-state index in [1.54, 1.807) is 12.7 Å². The van der Waals surface area contributed by atoms with Gasteiger partial charge in [-0.1, -0.05) is 152 Å². The van der Waals surface area contributed by atoms with Crippen molar-refractivity contribution >= 4 is 16.6 Å². The molecule has 12 atom stereocenters. The zero-order valence-electron chi connectivity index (χ0n) is 54.9. The van der Waals surface area contributed by atoms with Gasteiger partial charge in [-0.3, -0.25) is 0 Å². The standard InChI is InChI=1S/C42H76O5Si2.C28H44O4/c1-31(18-16-25-41(8,9)45-30-44-11)35-22-23-36-33(19-17-26-42(35,36)10)21-20-32-28-37(46-48(12,13)39(2,3)4)34(24-27-43)38(29-32)47-49(14,15)40(5,6)7;1-19(7-5-14-27(2,3)32)23-11-12-24-21(8-6-15-28(23,24)4)10-9-20-17-25(30)22(13-16-29)26(31)18-20/h16,18,20-21,24,31,35-38,43H,17,19,22-23,25-30H2,1-15H3;5,7,9-10,13,19,23-26,29-32H,6,8,11-12,14-18H2,1-4H3/b18-16+,32-20?,33-21+,34-24?;7-5+,20-9?,21-10+,22-13?/t31-,35?,36?,37-,38-,42?;19-,23?,24?,25-,26-,28?/m11/s1. The van der Waals surface area contributed by atoms with Crippen LogP contribution in [0.4, 0.5) is 0 Å². The summed E-state index contributed by atoms with van der Waals surface area (Å²) in [5, 5.41) is 50.2. The van der Waals surface area contributed by atoms with Crippen LogP contribution in [0, 0.1) is 46.3 Å². The van der Waals surface area contributed by atoms with Gasteiger partial charge in [0.2, 0.25) is 0 Å². The zero-order chi connectivity index (χ0) is 60.6. The molecule has 6 unspecified atom stereocenters. The Morgan fingerprint density at radius 1 is 0.593 bits per heavy atom. The smallest absolute Gasteiger partial charge is 0.192 e. The van der Waals surface area contributed by atoms with Gasteiger partial charge in [-0.25, -0.2) is 0 Å². The average Bonchev–Trinajstić information content (AvgIpc) is 4.09. The predicted octanol–water partition coefficient (Wildman–Crippen LogP) is 16.4. The van der Waals surface area contributed by atoms with Gasteiger partial charge < -0.3 is 43.9 Å². The number of hydrogen-bond acceptors (Lipinski definition) is 9. The van der Waals surface area contributed by atoms with Crippen LogP contribution < -0.4 is 0 Å². The molecule has 6 aliphatic rings. The molecule has 9 nitrogen and oxygen atoms in total. The second kappa shape index (κ2) is 28.7. The third kappa shape index (κ3) is 18.3. The van der Waals surface area contributed by atoms with Crippen molar-refractivity contribution in [3.63, 3.8) is 0 Å². The lowest BCUT2D eigenvalue weighted by atomic mass is 9.61. The van der Waals surface area contributed by atoms with Crippen LogP contribution in [0.5, 0.6) is 0 Å². The fourth-order valence-corrected chi connectivity index (χ4v) is 17.3. The highest BCUT2D eigenvalue weighted by Crippen LogP contribution is 2.61. The summed E-state index contributed by atoms with van der Waals surface area (Å²) in [6.07, 6.45) is 37.5. The largest absolute Gasteiger partial charge is 0.410 e. The maximum atomic E-state index is 10.4. The number of allylic oxidation sites excluding steroid dienone is 8. The first-order valence-electron chi connectivity index (χ1n) is 31.8. The second-order valence-electron chi connectivity index (χ2n) is 30.8. The molecule has 0 saturated heterocycles. The summed E-state index contributed by atoms with van der Waals surface area (Å²) in [5.41, 5.74) is 7.15. The van der Waals surface area contributed by atoms with E-state index in [0.29, 0.717) is 78.0 Å². The van der Waals surface area contributed by atoms with E-state index < -0.39 is 34.4 Å². The summed E-state index contributed by atoms with van der Waals surface area (Å²) in [6.45, 7) is 41.3. The Hall–Kier alpha value is -2.01. The van der Waals surface area contributed by atoms with Crippen molar-refractivity contribution in [1.82, 2.24) is 0 Å². The van der Waals surface area contributed by atoms with Gasteiger partial charge in [0.05, 0.1) is 48.8 Å².